The van der Waals surface area contributed by atoms with Gasteiger partial charge in [0.15, 0.2) is 0 Å². The molecule has 0 radical (unpaired) electrons. The molecule has 1 heterocycles. The molecule has 1 fully saturated rings. The van der Waals surface area contributed by atoms with Crippen molar-refractivity contribution >= 4 is 0 Å². The van der Waals surface area contributed by atoms with Gasteiger partial charge in [0.2, 0.25) is 0 Å². The third-order valence-corrected chi connectivity index (χ3v) is 4.68. The van der Waals surface area contributed by atoms with Gasteiger partial charge in [-0.2, -0.15) is 0 Å². The minimum atomic E-state index is -0.0320. The molecule has 1 aromatic rings. The van der Waals surface area contributed by atoms with Crippen LogP contribution in [0.3, 0.4) is 0 Å². The number of rotatable bonds is 4. The van der Waals surface area contributed by atoms with Crippen LogP contribution in [0.1, 0.15) is 49.8 Å². The van der Waals surface area contributed by atoms with Gasteiger partial charge >= 0.3 is 0 Å². The van der Waals surface area contributed by atoms with Crippen LogP contribution in [-0.2, 0) is 6.42 Å². The lowest BCUT2D eigenvalue weighted by molar-refractivity contribution is 0.204. The standard InChI is InChI=1S/C17H25FN2/c1-13(12-20-10-3-2-4-11-20)19-17-9-8-14-15(17)6-5-7-16(14)18/h5-7,13,17,19H,2-4,8-12H2,1H3. The molecule has 0 bridgehead atoms. The van der Waals surface area contributed by atoms with Gasteiger partial charge < -0.3 is 10.2 Å². The normalized spacial score (nSPS) is 24.6. The highest BCUT2D eigenvalue weighted by molar-refractivity contribution is 5.35. The van der Waals surface area contributed by atoms with E-state index in [0.29, 0.717) is 12.1 Å². The van der Waals surface area contributed by atoms with Crippen molar-refractivity contribution in [3.05, 3.63) is 35.1 Å². The van der Waals surface area contributed by atoms with Crippen LogP contribution in [0, 0.1) is 5.82 Å². The summed E-state index contributed by atoms with van der Waals surface area (Å²) in [6.07, 6.45) is 5.96. The Morgan fingerprint density at radius 1 is 1.30 bits per heavy atom. The van der Waals surface area contributed by atoms with Crippen LogP contribution >= 0.6 is 0 Å². The lowest BCUT2D eigenvalue weighted by atomic mass is 10.1. The second kappa shape index (κ2) is 6.23. The molecule has 1 saturated heterocycles. The molecule has 1 aromatic carbocycles. The summed E-state index contributed by atoms with van der Waals surface area (Å²) in [5.74, 6) is -0.0320. The maximum atomic E-state index is 13.7. The summed E-state index contributed by atoms with van der Waals surface area (Å²) in [6, 6.07) is 6.30. The first-order valence-corrected chi connectivity index (χ1v) is 8.00. The van der Waals surface area contributed by atoms with E-state index in [2.05, 4.69) is 23.2 Å². The van der Waals surface area contributed by atoms with E-state index < -0.39 is 0 Å². The predicted octanol–water partition coefficient (Wildman–Crippen LogP) is 3.28. The molecule has 1 aliphatic heterocycles. The minimum absolute atomic E-state index is 0.0320. The van der Waals surface area contributed by atoms with Crippen LogP contribution in [0.15, 0.2) is 18.2 Å². The number of likely N-dealkylation sites (tertiary alicyclic amines) is 1. The number of halogens is 1. The number of hydrogen-bond acceptors (Lipinski definition) is 2. The SMILES string of the molecule is CC(CN1CCCCC1)NC1CCc2c(F)cccc21. The summed E-state index contributed by atoms with van der Waals surface area (Å²) < 4.78 is 13.7. The van der Waals surface area contributed by atoms with Gasteiger partial charge in [-0.3, -0.25) is 0 Å². The van der Waals surface area contributed by atoms with Gasteiger partial charge in [0.25, 0.3) is 0 Å². The predicted molar refractivity (Wildman–Crippen MR) is 80.4 cm³/mol. The average molecular weight is 276 g/mol. The maximum Gasteiger partial charge on any atom is 0.126 e. The smallest absolute Gasteiger partial charge is 0.126 e. The van der Waals surface area contributed by atoms with Gasteiger partial charge in [-0.15, -0.1) is 0 Å². The van der Waals surface area contributed by atoms with E-state index in [1.165, 1.54) is 37.9 Å². The van der Waals surface area contributed by atoms with E-state index in [4.69, 9.17) is 0 Å². The first-order valence-electron chi connectivity index (χ1n) is 8.00. The fourth-order valence-electron chi connectivity index (χ4n) is 3.71. The summed E-state index contributed by atoms with van der Waals surface area (Å²) >= 11 is 0. The first-order chi connectivity index (χ1) is 9.74. The molecule has 0 spiro atoms. The highest BCUT2D eigenvalue weighted by atomic mass is 19.1. The fraction of sp³-hybridized carbons (Fsp3) is 0.647. The molecule has 1 aliphatic carbocycles. The molecule has 1 N–H and O–H groups in total. The zero-order valence-corrected chi connectivity index (χ0v) is 12.4. The van der Waals surface area contributed by atoms with Gasteiger partial charge in [0.05, 0.1) is 0 Å². The molecule has 110 valence electrons. The van der Waals surface area contributed by atoms with E-state index in [1.54, 1.807) is 6.07 Å². The Bertz CT molecular complexity index is 454. The number of benzene rings is 1. The summed E-state index contributed by atoms with van der Waals surface area (Å²) in [7, 11) is 0. The minimum Gasteiger partial charge on any atom is -0.306 e. The Labute approximate surface area is 121 Å². The van der Waals surface area contributed by atoms with E-state index in [0.717, 1.165) is 24.9 Å². The molecule has 0 amide bonds. The average Bonchev–Trinajstić information content (AvgIpc) is 2.84. The number of nitrogens with one attached hydrogen (secondary N) is 1. The molecule has 2 atom stereocenters. The van der Waals surface area contributed by atoms with Gasteiger partial charge in [-0.1, -0.05) is 18.6 Å². The van der Waals surface area contributed by atoms with Gasteiger partial charge in [0.1, 0.15) is 5.82 Å². The lowest BCUT2D eigenvalue weighted by Crippen LogP contribution is -2.42. The molecular formula is C17H25FN2. The molecule has 2 nitrogen and oxygen atoms in total. The first kappa shape index (κ1) is 14.0. The van der Waals surface area contributed by atoms with Crippen LogP contribution in [0.4, 0.5) is 4.39 Å². The molecule has 20 heavy (non-hydrogen) atoms. The van der Waals surface area contributed by atoms with Gasteiger partial charge in [0, 0.05) is 18.6 Å². The number of piperidine rings is 1. The molecule has 3 heteroatoms. The van der Waals surface area contributed by atoms with Crippen LogP contribution in [0.25, 0.3) is 0 Å². The third kappa shape index (κ3) is 3.04. The van der Waals surface area contributed by atoms with E-state index in [9.17, 15) is 4.39 Å². The van der Waals surface area contributed by atoms with Crippen molar-refractivity contribution in [2.45, 2.75) is 51.1 Å². The Morgan fingerprint density at radius 2 is 2.10 bits per heavy atom. The van der Waals surface area contributed by atoms with Crippen LogP contribution < -0.4 is 5.32 Å². The Morgan fingerprint density at radius 3 is 2.90 bits per heavy atom. The molecule has 0 aromatic heterocycles. The second-order valence-electron chi connectivity index (χ2n) is 6.33. The van der Waals surface area contributed by atoms with Crippen molar-refractivity contribution in [1.82, 2.24) is 10.2 Å². The van der Waals surface area contributed by atoms with Crippen molar-refractivity contribution in [2.24, 2.45) is 0 Å². The quantitative estimate of drug-likeness (QED) is 0.908. The Hall–Kier alpha value is -0.930. The largest absolute Gasteiger partial charge is 0.306 e. The molecule has 2 unspecified atom stereocenters. The van der Waals surface area contributed by atoms with Crippen molar-refractivity contribution in [1.29, 1.82) is 0 Å². The number of fused-ring (bicyclic) bond motifs is 1. The van der Waals surface area contributed by atoms with Crippen molar-refractivity contribution in [3.63, 3.8) is 0 Å². The Kier molecular flexibility index (Phi) is 4.37. The topological polar surface area (TPSA) is 15.3 Å². The van der Waals surface area contributed by atoms with Crippen LogP contribution in [0.2, 0.25) is 0 Å². The Balaban J connectivity index is 1.58. The second-order valence-corrected chi connectivity index (χ2v) is 6.33. The van der Waals surface area contributed by atoms with Gasteiger partial charge in [-0.05, 0) is 62.9 Å². The maximum absolute atomic E-state index is 13.7. The third-order valence-electron chi connectivity index (χ3n) is 4.68. The van der Waals surface area contributed by atoms with Crippen molar-refractivity contribution in [3.8, 4) is 0 Å². The van der Waals surface area contributed by atoms with Crippen molar-refractivity contribution < 1.29 is 4.39 Å². The summed E-state index contributed by atoms with van der Waals surface area (Å²) in [6.45, 7) is 5.84. The summed E-state index contributed by atoms with van der Waals surface area (Å²) in [5.41, 5.74) is 2.10. The van der Waals surface area contributed by atoms with Crippen LogP contribution in [-0.4, -0.2) is 30.6 Å². The highest BCUT2D eigenvalue weighted by Gasteiger charge is 2.26. The molecule has 3 rings (SSSR count). The van der Waals surface area contributed by atoms with Crippen molar-refractivity contribution in [2.75, 3.05) is 19.6 Å². The van der Waals surface area contributed by atoms with E-state index in [1.807, 2.05) is 6.07 Å². The molecule has 2 aliphatic rings. The van der Waals surface area contributed by atoms with Gasteiger partial charge in [-0.25, -0.2) is 4.39 Å². The highest BCUT2D eigenvalue weighted by Crippen LogP contribution is 2.32. The van der Waals surface area contributed by atoms with E-state index >= 15 is 0 Å². The monoisotopic (exact) mass is 276 g/mol. The number of hydrogen-bond donors (Lipinski definition) is 1. The summed E-state index contributed by atoms with van der Waals surface area (Å²) in [4.78, 5) is 2.56. The summed E-state index contributed by atoms with van der Waals surface area (Å²) in [5, 5.41) is 3.70. The molecule has 0 saturated carbocycles. The lowest BCUT2D eigenvalue weighted by Gasteiger charge is -2.30. The number of nitrogens with zero attached hydrogens (tertiary/aromatic N) is 1. The fourth-order valence-corrected chi connectivity index (χ4v) is 3.71. The van der Waals surface area contributed by atoms with E-state index in [-0.39, 0.29) is 5.82 Å². The zero-order valence-electron chi connectivity index (χ0n) is 12.4. The van der Waals surface area contributed by atoms with Crippen LogP contribution in [0.5, 0.6) is 0 Å². The zero-order chi connectivity index (χ0) is 13.9. The molecular weight excluding hydrogens is 251 g/mol.